The molecule has 88 valence electrons. The molecule has 0 aliphatic carbocycles. The fourth-order valence-corrected chi connectivity index (χ4v) is 2.71. The average Bonchev–Trinajstić information content (AvgIpc) is 2.70. The van der Waals surface area contributed by atoms with E-state index in [4.69, 9.17) is 11.6 Å². The zero-order chi connectivity index (χ0) is 12.4. The van der Waals surface area contributed by atoms with E-state index in [0.717, 1.165) is 3.79 Å². The third-order valence-electron chi connectivity index (χ3n) is 1.88. The SMILES string of the molecule is O=C(Nc1cnc(Cl)c(Br)c1)c1csc(Br)c1. The predicted octanol–water partition coefficient (Wildman–Crippen LogP) is 4.57. The number of thiophene rings is 1. The molecule has 0 aliphatic rings. The van der Waals surface area contributed by atoms with Gasteiger partial charge in [0.15, 0.2) is 0 Å². The van der Waals surface area contributed by atoms with Gasteiger partial charge in [0.2, 0.25) is 0 Å². The Morgan fingerprint density at radius 3 is 2.76 bits per heavy atom. The van der Waals surface area contributed by atoms with Crippen LogP contribution in [-0.2, 0) is 0 Å². The van der Waals surface area contributed by atoms with Gasteiger partial charge in [-0.15, -0.1) is 11.3 Å². The van der Waals surface area contributed by atoms with Crippen molar-refractivity contribution in [2.24, 2.45) is 0 Å². The van der Waals surface area contributed by atoms with Crippen LogP contribution >= 0.6 is 54.8 Å². The third kappa shape index (κ3) is 3.28. The maximum absolute atomic E-state index is 11.8. The quantitative estimate of drug-likeness (QED) is 0.756. The topological polar surface area (TPSA) is 42.0 Å². The Balaban J connectivity index is 2.15. The van der Waals surface area contributed by atoms with Crippen LogP contribution in [0, 0.1) is 0 Å². The minimum absolute atomic E-state index is 0.178. The van der Waals surface area contributed by atoms with Crippen molar-refractivity contribution in [3.8, 4) is 0 Å². The van der Waals surface area contributed by atoms with E-state index in [1.807, 2.05) is 0 Å². The second kappa shape index (κ2) is 5.48. The molecule has 0 aromatic carbocycles. The van der Waals surface area contributed by atoms with Gasteiger partial charge >= 0.3 is 0 Å². The molecular weight excluding hydrogens is 391 g/mol. The molecule has 0 radical (unpaired) electrons. The second-order valence-electron chi connectivity index (χ2n) is 3.09. The fourth-order valence-electron chi connectivity index (χ4n) is 1.12. The molecule has 2 rings (SSSR count). The van der Waals surface area contributed by atoms with Gasteiger partial charge in [0.05, 0.1) is 25.7 Å². The van der Waals surface area contributed by atoms with Crippen LogP contribution in [0.4, 0.5) is 5.69 Å². The summed E-state index contributed by atoms with van der Waals surface area (Å²) in [5.74, 6) is -0.178. The Morgan fingerprint density at radius 2 is 2.18 bits per heavy atom. The van der Waals surface area contributed by atoms with Crippen molar-refractivity contribution >= 4 is 66.4 Å². The van der Waals surface area contributed by atoms with E-state index in [1.54, 1.807) is 17.5 Å². The molecule has 0 aliphatic heterocycles. The first-order valence-corrected chi connectivity index (χ1v) is 7.27. The van der Waals surface area contributed by atoms with Gasteiger partial charge in [-0.1, -0.05) is 11.6 Å². The number of halogens is 3. The summed E-state index contributed by atoms with van der Waals surface area (Å²) in [5.41, 5.74) is 1.20. The van der Waals surface area contributed by atoms with E-state index in [0.29, 0.717) is 20.9 Å². The molecular formula is C10H5Br2ClN2OS. The first kappa shape index (κ1) is 13.0. The smallest absolute Gasteiger partial charge is 0.256 e. The zero-order valence-corrected chi connectivity index (χ0v) is 13.0. The summed E-state index contributed by atoms with van der Waals surface area (Å²) in [5, 5.41) is 4.87. The van der Waals surface area contributed by atoms with Crippen molar-refractivity contribution in [3.63, 3.8) is 0 Å². The van der Waals surface area contributed by atoms with Crippen molar-refractivity contribution < 1.29 is 4.79 Å². The van der Waals surface area contributed by atoms with Crippen molar-refractivity contribution in [1.29, 1.82) is 0 Å². The molecule has 1 N–H and O–H groups in total. The van der Waals surface area contributed by atoms with Crippen LogP contribution in [0.2, 0.25) is 5.15 Å². The number of rotatable bonds is 2. The highest BCUT2D eigenvalue weighted by atomic mass is 79.9. The fraction of sp³-hybridized carbons (Fsp3) is 0. The summed E-state index contributed by atoms with van der Waals surface area (Å²) in [4.78, 5) is 15.8. The van der Waals surface area contributed by atoms with Crippen molar-refractivity contribution in [2.75, 3.05) is 5.32 Å². The number of nitrogens with one attached hydrogen (secondary N) is 1. The van der Waals surface area contributed by atoms with Gasteiger partial charge in [0.25, 0.3) is 5.91 Å². The Labute approximate surface area is 123 Å². The minimum atomic E-state index is -0.178. The molecule has 0 unspecified atom stereocenters. The Morgan fingerprint density at radius 1 is 1.41 bits per heavy atom. The van der Waals surface area contributed by atoms with Crippen LogP contribution in [0.15, 0.2) is 32.0 Å². The van der Waals surface area contributed by atoms with Gasteiger partial charge in [-0.2, -0.15) is 0 Å². The van der Waals surface area contributed by atoms with E-state index in [9.17, 15) is 4.79 Å². The summed E-state index contributed by atoms with van der Waals surface area (Å²) in [6, 6.07) is 3.47. The Hall–Kier alpha value is -0.430. The summed E-state index contributed by atoms with van der Waals surface area (Å²) in [7, 11) is 0. The minimum Gasteiger partial charge on any atom is -0.321 e. The molecule has 3 nitrogen and oxygen atoms in total. The Bertz CT molecular complexity index is 573. The van der Waals surface area contributed by atoms with Gasteiger partial charge < -0.3 is 5.32 Å². The predicted molar refractivity (Wildman–Crippen MR) is 76.9 cm³/mol. The summed E-state index contributed by atoms with van der Waals surface area (Å²) < 4.78 is 1.56. The molecule has 0 bridgehead atoms. The maximum atomic E-state index is 11.8. The maximum Gasteiger partial charge on any atom is 0.256 e. The highest BCUT2D eigenvalue weighted by Crippen LogP contribution is 2.24. The number of hydrogen-bond acceptors (Lipinski definition) is 3. The third-order valence-corrected chi connectivity index (χ3v) is 4.52. The summed E-state index contributed by atoms with van der Waals surface area (Å²) in [6.07, 6.45) is 1.51. The van der Waals surface area contributed by atoms with Crippen molar-refractivity contribution in [1.82, 2.24) is 4.98 Å². The van der Waals surface area contributed by atoms with Gasteiger partial charge in [-0.25, -0.2) is 4.98 Å². The van der Waals surface area contributed by atoms with Crippen LogP contribution < -0.4 is 5.32 Å². The van der Waals surface area contributed by atoms with E-state index in [1.165, 1.54) is 17.5 Å². The first-order valence-electron chi connectivity index (χ1n) is 4.42. The lowest BCUT2D eigenvalue weighted by Crippen LogP contribution is -2.10. The lowest BCUT2D eigenvalue weighted by Gasteiger charge is -2.04. The van der Waals surface area contributed by atoms with Crippen LogP contribution in [0.1, 0.15) is 10.4 Å². The van der Waals surface area contributed by atoms with E-state index >= 15 is 0 Å². The lowest BCUT2D eigenvalue weighted by molar-refractivity contribution is 0.102. The van der Waals surface area contributed by atoms with Gasteiger partial charge in [-0.3, -0.25) is 4.79 Å². The highest BCUT2D eigenvalue weighted by Gasteiger charge is 2.09. The molecule has 0 fully saturated rings. The molecule has 0 saturated heterocycles. The highest BCUT2D eigenvalue weighted by molar-refractivity contribution is 9.11. The van der Waals surface area contributed by atoms with Crippen molar-refractivity contribution in [2.45, 2.75) is 0 Å². The molecule has 17 heavy (non-hydrogen) atoms. The summed E-state index contributed by atoms with van der Waals surface area (Å²) >= 11 is 13.8. The van der Waals surface area contributed by atoms with Crippen molar-refractivity contribution in [3.05, 3.63) is 42.7 Å². The van der Waals surface area contributed by atoms with Crippen LogP contribution in [0.3, 0.4) is 0 Å². The van der Waals surface area contributed by atoms with Crippen LogP contribution in [-0.4, -0.2) is 10.9 Å². The number of amides is 1. The largest absolute Gasteiger partial charge is 0.321 e. The lowest BCUT2D eigenvalue weighted by atomic mass is 10.3. The van der Waals surface area contributed by atoms with Gasteiger partial charge in [0.1, 0.15) is 5.15 Å². The standard InChI is InChI=1S/C10H5Br2ClN2OS/c11-7-2-6(3-14-9(7)13)15-10(16)5-1-8(12)17-4-5/h1-4H,(H,15,16). The number of nitrogens with zero attached hydrogens (tertiary/aromatic N) is 1. The van der Waals surface area contributed by atoms with Gasteiger partial charge in [-0.05, 0) is 44.0 Å². The average molecular weight is 396 g/mol. The number of hydrogen-bond donors (Lipinski definition) is 1. The molecule has 0 atom stereocenters. The molecule has 0 saturated carbocycles. The number of carbonyl (C=O) groups is 1. The number of anilines is 1. The molecule has 0 spiro atoms. The number of carbonyl (C=O) groups excluding carboxylic acids is 1. The summed E-state index contributed by atoms with van der Waals surface area (Å²) in [6.45, 7) is 0. The van der Waals surface area contributed by atoms with E-state index in [2.05, 4.69) is 42.2 Å². The monoisotopic (exact) mass is 394 g/mol. The number of pyridine rings is 1. The molecule has 2 aromatic rings. The molecule has 7 heteroatoms. The van der Waals surface area contributed by atoms with E-state index < -0.39 is 0 Å². The normalized spacial score (nSPS) is 10.3. The Kier molecular flexibility index (Phi) is 4.19. The van der Waals surface area contributed by atoms with Crippen LogP contribution in [0.5, 0.6) is 0 Å². The second-order valence-corrected chi connectivity index (χ2v) is 6.59. The zero-order valence-electron chi connectivity index (χ0n) is 8.21. The first-order chi connectivity index (χ1) is 8.06. The molecule has 2 aromatic heterocycles. The van der Waals surface area contributed by atoms with Crippen LogP contribution in [0.25, 0.3) is 0 Å². The van der Waals surface area contributed by atoms with Gasteiger partial charge in [0, 0.05) is 5.38 Å². The molecule has 2 heterocycles. The molecule has 1 amide bonds. The number of aromatic nitrogens is 1. The van der Waals surface area contributed by atoms with E-state index in [-0.39, 0.29) is 5.91 Å².